The third kappa shape index (κ3) is 5.50. The molecule has 2 saturated carbocycles. The molecule has 106 valence electrons. The van der Waals surface area contributed by atoms with Gasteiger partial charge in [-0.3, -0.25) is 0 Å². The smallest absolute Gasteiger partial charge is 0.211 e. The predicted octanol–water partition coefficient (Wildman–Crippen LogP) is 3.70. The van der Waals surface area contributed by atoms with Gasteiger partial charge in [0.05, 0.1) is 11.6 Å². The van der Waals surface area contributed by atoms with Crippen molar-refractivity contribution in [1.29, 1.82) is 0 Å². The normalized spacial score (nSPS) is 30.1. The number of hydrogen-bond donors (Lipinski definition) is 0. The molecule has 0 saturated heterocycles. The minimum Gasteiger partial charge on any atom is -0.211 e. The van der Waals surface area contributed by atoms with Crippen LogP contribution in [0, 0.1) is 0 Å². The van der Waals surface area contributed by atoms with Gasteiger partial charge in [-0.25, -0.2) is 9.59 Å². The maximum absolute atomic E-state index is 10.2. The minimum atomic E-state index is -0.530. The summed E-state index contributed by atoms with van der Waals surface area (Å²) in [5.41, 5.74) is -0.530. The molecule has 0 amide bonds. The summed E-state index contributed by atoms with van der Waals surface area (Å²) in [5.74, 6) is 0. The first-order chi connectivity index (χ1) is 9.23. The van der Waals surface area contributed by atoms with E-state index in [9.17, 15) is 9.59 Å². The van der Waals surface area contributed by atoms with Crippen molar-refractivity contribution in [3.8, 4) is 0 Å². The lowest BCUT2D eigenvalue weighted by Gasteiger charge is -2.33. The largest absolute Gasteiger partial charge is 0.235 e. The van der Waals surface area contributed by atoms with Crippen molar-refractivity contribution >= 4 is 12.2 Å². The van der Waals surface area contributed by atoms with Gasteiger partial charge in [0.2, 0.25) is 12.2 Å². The Labute approximate surface area is 115 Å². The minimum absolute atomic E-state index is 0.194. The van der Waals surface area contributed by atoms with Gasteiger partial charge in [-0.1, -0.05) is 51.4 Å². The molecule has 0 radical (unpaired) electrons. The van der Waals surface area contributed by atoms with Gasteiger partial charge >= 0.3 is 0 Å². The topological polar surface area (TPSA) is 58.9 Å². The van der Waals surface area contributed by atoms with Crippen molar-refractivity contribution in [1.82, 2.24) is 0 Å². The molecule has 4 nitrogen and oxygen atoms in total. The van der Waals surface area contributed by atoms with Crippen LogP contribution in [-0.2, 0) is 9.59 Å². The Balaban J connectivity index is 0.000000250. The molecular formula is C15H24N2O2. The molecule has 2 aliphatic rings. The number of carbonyl (C=O) groups excluding carboxylic acids is 2. The van der Waals surface area contributed by atoms with Gasteiger partial charge in [0, 0.05) is 0 Å². The van der Waals surface area contributed by atoms with Crippen molar-refractivity contribution < 1.29 is 9.59 Å². The van der Waals surface area contributed by atoms with Crippen LogP contribution in [0.1, 0.15) is 71.1 Å². The van der Waals surface area contributed by atoms with E-state index in [1.165, 1.54) is 44.6 Å². The maximum Gasteiger partial charge on any atom is 0.235 e. The lowest BCUT2D eigenvalue weighted by molar-refractivity contribution is 0.278. The van der Waals surface area contributed by atoms with E-state index < -0.39 is 5.54 Å². The average molecular weight is 264 g/mol. The fourth-order valence-corrected chi connectivity index (χ4v) is 2.86. The molecule has 0 spiro atoms. The number of rotatable bonds is 2. The molecule has 0 heterocycles. The molecule has 0 aromatic heterocycles. The first-order valence-corrected chi connectivity index (χ1v) is 7.39. The third-order valence-electron chi connectivity index (χ3n) is 4.14. The van der Waals surface area contributed by atoms with Gasteiger partial charge in [-0.2, -0.15) is 9.98 Å². The molecule has 2 atom stereocenters. The summed E-state index contributed by atoms with van der Waals surface area (Å²) in [6.45, 7) is 1.84. The zero-order valence-corrected chi connectivity index (χ0v) is 11.9. The van der Waals surface area contributed by atoms with Gasteiger partial charge in [0.25, 0.3) is 0 Å². The molecule has 0 aliphatic heterocycles. The van der Waals surface area contributed by atoms with Crippen LogP contribution in [0.3, 0.4) is 0 Å². The highest BCUT2D eigenvalue weighted by molar-refractivity contribution is 5.37. The molecule has 0 aromatic carbocycles. The van der Waals surface area contributed by atoms with Gasteiger partial charge in [0.1, 0.15) is 0 Å². The van der Waals surface area contributed by atoms with Gasteiger partial charge < -0.3 is 0 Å². The van der Waals surface area contributed by atoms with E-state index in [4.69, 9.17) is 0 Å². The summed E-state index contributed by atoms with van der Waals surface area (Å²) in [5, 5.41) is 0. The van der Waals surface area contributed by atoms with E-state index in [1.54, 1.807) is 6.08 Å². The van der Waals surface area contributed by atoms with Gasteiger partial charge in [0.15, 0.2) is 0 Å². The molecule has 2 fully saturated rings. The van der Waals surface area contributed by atoms with Crippen LogP contribution >= 0.6 is 0 Å². The Morgan fingerprint density at radius 1 is 0.895 bits per heavy atom. The predicted molar refractivity (Wildman–Crippen MR) is 74.6 cm³/mol. The molecule has 0 aromatic rings. The van der Waals surface area contributed by atoms with E-state index >= 15 is 0 Å². The van der Waals surface area contributed by atoms with Crippen LogP contribution < -0.4 is 0 Å². The number of aliphatic imine (C=N–C) groups is 2. The van der Waals surface area contributed by atoms with E-state index in [0.29, 0.717) is 0 Å². The van der Waals surface area contributed by atoms with Crippen molar-refractivity contribution in [2.24, 2.45) is 9.98 Å². The molecule has 0 bridgehead atoms. The molecule has 4 heteroatoms. The van der Waals surface area contributed by atoms with Gasteiger partial charge in [-0.15, -0.1) is 0 Å². The molecular weight excluding hydrogens is 240 g/mol. The second kappa shape index (κ2) is 8.79. The van der Waals surface area contributed by atoms with Crippen LogP contribution in [0.2, 0.25) is 0 Å². The number of hydrogen-bond acceptors (Lipinski definition) is 4. The summed E-state index contributed by atoms with van der Waals surface area (Å²) in [6.07, 6.45) is 15.7. The lowest BCUT2D eigenvalue weighted by Crippen LogP contribution is -2.39. The Morgan fingerprint density at radius 2 is 1.47 bits per heavy atom. The number of isocyanates is 2. The first kappa shape index (κ1) is 15.8. The van der Waals surface area contributed by atoms with Crippen molar-refractivity contribution in [2.75, 3.05) is 0 Å². The highest BCUT2D eigenvalue weighted by Gasteiger charge is 2.36. The molecule has 19 heavy (non-hydrogen) atoms. The molecule has 2 unspecified atom stereocenters. The van der Waals surface area contributed by atoms with E-state index in [2.05, 4.69) is 9.98 Å². The SMILES string of the molecule is C1CCCCC1.CC1(N=C=O)CCCCC1N=C=O. The zero-order chi connectivity index (χ0) is 14.0. The molecule has 0 N–H and O–H groups in total. The van der Waals surface area contributed by atoms with Gasteiger partial charge in [-0.05, 0) is 19.8 Å². The van der Waals surface area contributed by atoms with Crippen LogP contribution in [0.15, 0.2) is 9.98 Å². The fourth-order valence-electron chi connectivity index (χ4n) is 2.86. The maximum atomic E-state index is 10.2. The Kier molecular flexibility index (Phi) is 7.32. The van der Waals surface area contributed by atoms with Crippen molar-refractivity contribution in [3.63, 3.8) is 0 Å². The van der Waals surface area contributed by atoms with E-state index in [1.807, 2.05) is 6.92 Å². The summed E-state index contributed by atoms with van der Waals surface area (Å²) < 4.78 is 0. The van der Waals surface area contributed by atoms with E-state index in [0.717, 1.165) is 25.7 Å². The highest BCUT2D eigenvalue weighted by Crippen LogP contribution is 2.33. The van der Waals surface area contributed by atoms with Crippen molar-refractivity contribution in [3.05, 3.63) is 0 Å². The highest BCUT2D eigenvalue weighted by atomic mass is 16.1. The second-order valence-corrected chi connectivity index (χ2v) is 5.66. The standard InChI is InChI=1S/C9H12N2O2.C6H12/c1-9(11-7-13)5-3-2-4-8(9)10-6-12;1-2-4-6-5-3-1/h8H,2-5H2,1H3;1-6H2. The van der Waals surface area contributed by atoms with Crippen LogP contribution in [0.5, 0.6) is 0 Å². The first-order valence-electron chi connectivity index (χ1n) is 7.39. The average Bonchev–Trinajstić information content (AvgIpc) is 2.45. The molecule has 2 rings (SSSR count). The zero-order valence-electron chi connectivity index (χ0n) is 11.9. The van der Waals surface area contributed by atoms with Crippen LogP contribution in [0.25, 0.3) is 0 Å². The second-order valence-electron chi connectivity index (χ2n) is 5.66. The summed E-state index contributed by atoms with van der Waals surface area (Å²) >= 11 is 0. The van der Waals surface area contributed by atoms with E-state index in [-0.39, 0.29) is 6.04 Å². The van der Waals surface area contributed by atoms with Crippen LogP contribution in [-0.4, -0.2) is 23.7 Å². The molecule has 2 aliphatic carbocycles. The Morgan fingerprint density at radius 3 is 1.95 bits per heavy atom. The van der Waals surface area contributed by atoms with Crippen molar-refractivity contribution in [2.45, 2.75) is 82.7 Å². The summed E-state index contributed by atoms with van der Waals surface area (Å²) in [4.78, 5) is 27.7. The summed E-state index contributed by atoms with van der Waals surface area (Å²) in [7, 11) is 0. The van der Waals surface area contributed by atoms with Crippen LogP contribution in [0.4, 0.5) is 0 Å². The lowest BCUT2D eigenvalue weighted by atomic mass is 9.80. The third-order valence-corrected chi connectivity index (χ3v) is 4.14. The quantitative estimate of drug-likeness (QED) is 0.564. The summed E-state index contributed by atoms with van der Waals surface area (Å²) in [6, 6.07) is -0.194. The monoisotopic (exact) mass is 264 g/mol. The Hall–Kier alpha value is -1.24. The Bertz CT molecular complexity index is 342. The number of nitrogens with zero attached hydrogens (tertiary/aromatic N) is 2. The fraction of sp³-hybridized carbons (Fsp3) is 0.867.